The van der Waals surface area contributed by atoms with Gasteiger partial charge in [-0.05, 0) is 43.3 Å². The van der Waals surface area contributed by atoms with E-state index in [1.807, 2.05) is 30.3 Å². The van der Waals surface area contributed by atoms with Crippen LogP contribution in [0, 0.1) is 6.57 Å². The van der Waals surface area contributed by atoms with Crippen LogP contribution in [0.15, 0.2) is 72.8 Å². The molecule has 3 aromatic carbocycles. The van der Waals surface area contributed by atoms with Crippen LogP contribution in [-0.4, -0.2) is 103 Å². The standard InChI is InChI=1S/C39H43N7O4/c1-40-21-30-22-45(19-20-46(30)38(47)49-25-28-9-4-3-5-10-28)36-33-15-18-44(35-14-8-12-29-11-6-7-13-32(29)35)24-34(33)41-37(42-36)48-26-31-23-43(2)39(16-17-39)27-50-31/h3-14,30-31H,15-27H2,2H3/t30-,31+/m0/s1. The minimum Gasteiger partial charge on any atom is -0.461 e. The second kappa shape index (κ2) is 13.8. The molecule has 2 saturated heterocycles. The van der Waals surface area contributed by atoms with Gasteiger partial charge >= 0.3 is 12.1 Å². The maximum atomic E-state index is 13.3. The molecule has 0 N–H and O–H groups in total. The quantitative estimate of drug-likeness (QED) is 0.235. The molecule has 1 amide bonds. The number of rotatable bonds is 8. The summed E-state index contributed by atoms with van der Waals surface area (Å²) >= 11 is 0. The maximum absolute atomic E-state index is 13.3. The molecule has 3 fully saturated rings. The van der Waals surface area contributed by atoms with Crippen LogP contribution in [0.5, 0.6) is 6.01 Å². The van der Waals surface area contributed by atoms with E-state index in [9.17, 15) is 4.79 Å². The fourth-order valence-electron chi connectivity index (χ4n) is 7.63. The van der Waals surface area contributed by atoms with Gasteiger partial charge in [-0.1, -0.05) is 66.7 Å². The highest BCUT2D eigenvalue weighted by Gasteiger charge is 2.50. The van der Waals surface area contributed by atoms with Crippen molar-refractivity contribution in [2.45, 2.75) is 50.1 Å². The fourth-order valence-corrected chi connectivity index (χ4v) is 7.63. The molecule has 8 rings (SSSR count). The van der Waals surface area contributed by atoms with Crippen LogP contribution in [0.4, 0.5) is 16.3 Å². The van der Waals surface area contributed by atoms with E-state index >= 15 is 0 Å². The molecule has 4 aromatic rings. The highest BCUT2D eigenvalue weighted by molar-refractivity contribution is 5.94. The normalized spacial score (nSPS) is 21.5. The summed E-state index contributed by atoms with van der Waals surface area (Å²) in [6.07, 6.45) is 2.68. The SMILES string of the molecule is [C-]#[N+]C[C@H]1CN(c2nc(OC[C@H]3CN(C)C4(CC4)CO3)nc3c2CCN(c2cccc4ccccc24)C3)CCN1C(=O)OCc1ccccc1. The van der Waals surface area contributed by atoms with Gasteiger partial charge < -0.3 is 28.9 Å². The molecule has 4 aliphatic rings. The van der Waals surface area contributed by atoms with Gasteiger partial charge in [0.05, 0.1) is 18.8 Å². The van der Waals surface area contributed by atoms with Crippen LogP contribution in [-0.2, 0) is 29.0 Å². The van der Waals surface area contributed by atoms with Gasteiger partial charge in [0, 0.05) is 54.9 Å². The minimum absolute atomic E-state index is 0.0602. The second-order valence-electron chi connectivity index (χ2n) is 13.9. The van der Waals surface area contributed by atoms with Crippen molar-refractivity contribution in [1.82, 2.24) is 19.8 Å². The van der Waals surface area contributed by atoms with E-state index in [4.69, 9.17) is 30.8 Å². The fraction of sp³-hybridized carbons (Fsp3) is 0.436. The van der Waals surface area contributed by atoms with E-state index in [0.717, 1.165) is 48.8 Å². The molecule has 0 unspecified atom stereocenters. The molecule has 50 heavy (non-hydrogen) atoms. The summed E-state index contributed by atoms with van der Waals surface area (Å²) in [4.78, 5) is 35.7. The average Bonchev–Trinajstić information content (AvgIpc) is 3.94. The number of nitrogens with zero attached hydrogens (tertiary/aromatic N) is 7. The molecule has 3 aliphatic heterocycles. The molecule has 11 nitrogen and oxygen atoms in total. The third kappa shape index (κ3) is 6.53. The van der Waals surface area contributed by atoms with Crippen LogP contribution in [0.1, 0.15) is 29.7 Å². The van der Waals surface area contributed by atoms with Crippen molar-refractivity contribution in [3.63, 3.8) is 0 Å². The Balaban J connectivity index is 1.04. The van der Waals surface area contributed by atoms with Gasteiger partial charge in [-0.25, -0.2) is 11.4 Å². The monoisotopic (exact) mass is 673 g/mol. The van der Waals surface area contributed by atoms with E-state index in [1.54, 1.807) is 4.90 Å². The van der Waals surface area contributed by atoms with Gasteiger partial charge in [0.1, 0.15) is 31.2 Å². The zero-order valence-electron chi connectivity index (χ0n) is 28.5. The predicted molar refractivity (Wildman–Crippen MR) is 191 cm³/mol. The number of piperazine rings is 1. The van der Waals surface area contributed by atoms with Gasteiger partial charge in [-0.15, -0.1) is 0 Å². The Hall–Kier alpha value is -4.92. The largest absolute Gasteiger partial charge is 0.461 e. The van der Waals surface area contributed by atoms with E-state index in [1.165, 1.54) is 29.3 Å². The minimum atomic E-state index is -0.396. The highest BCUT2D eigenvalue weighted by atomic mass is 16.6. The Morgan fingerprint density at radius 3 is 2.62 bits per heavy atom. The van der Waals surface area contributed by atoms with Gasteiger partial charge in [0.25, 0.3) is 0 Å². The molecule has 1 aliphatic carbocycles. The third-order valence-electron chi connectivity index (χ3n) is 10.8. The number of amides is 1. The number of anilines is 2. The van der Waals surface area contributed by atoms with E-state index in [-0.39, 0.29) is 30.8 Å². The lowest BCUT2D eigenvalue weighted by Gasteiger charge is -2.41. The van der Waals surface area contributed by atoms with Crippen LogP contribution in [0.25, 0.3) is 15.6 Å². The summed E-state index contributed by atoms with van der Waals surface area (Å²) in [5.41, 5.74) is 4.36. The molecular formula is C39H43N7O4. The number of hydrogen-bond acceptors (Lipinski definition) is 9. The molecule has 1 aromatic heterocycles. The lowest BCUT2D eigenvalue weighted by Crippen LogP contribution is -2.57. The molecule has 11 heteroatoms. The number of morpholine rings is 1. The first-order valence-corrected chi connectivity index (χ1v) is 17.6. The zero-order valence-corrected chi connectivity index (χ0v) is 28.5. The van der Waals surface area contributed by atoms with Gasteiger partial charge in [0.2, 0.25) is 6.54 Å². The molecule has 4 heterocycles. The number of fused-ring (bicyclic) bond motifs is 2. The van der Waals surface area contributed by atoms with Crippen molar-refractivity contribution in [3.05, 3.63) is 101 Å². The molecule has 1 spiro atoms. The number of likely N-dealkylation sites (N-methyl/N-ethyl adjacent to an activating group) is 1. The molecular weight excluding hydrogens is 630 g/mol. The van der Waals surface area contributed by atoms with Crippen molar-refractivity contribution in [1.29, 1.82) is 0 Å². The maximum Gasteiger partial charge on any atom is 0.410 e. The van der Waals surface area contributed by atoms with Crippen molar-refractivity contribution in [2.24, 2.45) is 0 Å². The first kappa shape index (κ1) is 32.3. The first-order chi connectivity index (χ1) is 24.5. The molecule has 0 bridgehead atoms. The number of hydrogen-bond donors (Lipinski definition) is 0. The number of carbonyl (C=O) groups is 1. The Morgan fingerprint density at radius 2 is 1.80 bits per heavy atom. The number of benzene rings is 3. The highest BCUT2D eigenvalue weighted by Crippen LogP contribution is 2.43. The lowest BCUT2D eigenvalue weighted by atomic mass is 10.0. The smallest absolute Gasteiger partial charge is 0.410 e. The first-order valence-electron chi connectivity index (χ1n) is 17.6. The summed E-state index contributed by atoms with van der Waals surface area (Å²) < 4.78 is 18.3. The van der Waals surface area contributed by atoms with Crippen LogP contribution in [0.3, 0.4) is 0 Å². The van der Waals surface area contributed by atoms with Crippen LogP contribution >= 0.6 is 0 Å². The summed E-state index contributed by atoms with van der Waals surface area (Å²) in [5, 5.41) is 2.42. The average molecular weight is 674 g/mol. The molecule has 0 radical (unpaired) electrons. The van der Waals surface area contributed by atoms with Crippen LogP contribution in [0.2, 0.25) is 0 Å². The van der Waals surface area contributed by atoms with Gasteiger partial charge in [-0.2, -0.15) is 9.97 Å². The Kier molecular flexibility index (Phi) is 8.89. The van der Waals surface area contributed by atoms with Gasteiger partial charge in [-0.3, -0.25) is 9.80 Å². The van der Waals surface area contributed by atoms with Crippen LogP contribution < -0.4 is 14.5 Å². The van der Waals surface area contributed by atoms with E-state index < -0.39 is 6.09 Å². The van der Waals surface area contributed by atoms with Crippen molar-refractivity contribution in [2.75, 3.05) is 69.3 Å². The Bertz CT molecular complexity index is 1890. The lowest BCUT2D eigenvalue weighted by molar-refractivity contribution is -0.0799. The summed E-state index contributed by atoms with van der Waals surface area (Å²) in [5.74, 6) is 0.827. The van der Waals surface area contributed by atoms with Crippen molar-refractivity contribution in [3.8, 4) is 6.01 Å². The third-order valence-corrected chi connectivity index (χ3v) is 10.8. The van der Waals surface area contributed by atoms with Gasteiger partial charge in [0.15, 0.2) is 0 Å². The Morgan fingerprint density at radius 1 is 0.980 bits per heavy atom. The molecule has 1 saturated carbocycles. The number of ether oxygens (including phenoxy) is 3. The summed E-state index contributed by atoms with van der Waals surface area (Å²) in [7, 11) is 2.18. The number of aromatic nitrogens is 2. The predicted octanol–water partition coefficient (Wildman–Crippen LogP) is 5.18. The summed E-state index contributed by atoms with van der Waals surface area (Å²) in [6, 6.07) is 24.6. The van der Waals surface area contributed by atoms with E-state index in [0.29, 0.717) is 38.8 Å². The Labute approximate surface area is 293 Å². The van der Waals surface area contributed by atoms with Crippen molar-refractivity contribution < 1.29 is 19.0 Å². The molecule has 2 atom stereocenters. The summed E-state index contributed by atoms with van der Waals surface area (Å²) in [6.45, 7) is 12.9. The number of carbonyl (C=O) groups excluding carboxylic acids is 1. The van der Waals surface area contributed by atoms with E-state index in [2.05, 4.69) is 69.1 Å². The van der Waals surface area contributed by atoms with Crippen molar-refractivity contribution >= 4 is 28.4 Å². The zero-order chi connectivity index (χ0) is 34.1. The molecule has 258 valence electrons. The topological polar surface area (TPSA) is 87.9 Å². The second-order valence-corrected chi connectivity index (χ2v) is 13.9.